The van der Waals surface area contributed by atoms with E-state index in [1.54, 1.807) is 31.6 Å². The maximum Gasteiger partial charge on any atom is 0.243 e. The molecule has 0 saturated carbocycles. The number of nitrogens with one attached hydrogen (secondary N) is 3. The fraction of sp³-hybridized carbons (Fsp3) is 0.462. The SMILES string of the molecule is CN=C(NCC(=O)Nc1cccnc1)NCC(C)C.I. The van der Waals surface area contributed by atoms with Crippen molar-refractivity contribution in [2.75, 3.05) is 25.5 Å². The van der Waals surface area contributed by atoms with Crippen LogP contribution in [0.2, 0.25) is 0 Å². The number of nitrogens with zero attached hydrogens (tertiary/aromatic N) is 2. The number of rotatable bonds is 5. The average Bonchev–Trinajstić information content (AvgIpc) is 2.39. The molecule has 1 aromatic rings. The minimum Gasteiger partial charge on any atom is -0.356 e. The normalized spacial score (nSPS) is 10.7. The van der Waals surface area contributed by atoms with Gasteiger partial charge in [-0.3, -0.25) is 14.8 Å². The molecule has 0 aliphatic heterocycles. The summed E-state index contributed by atoms with van der Waals surface area (Å²) in [6.45, 7) is 5.18. The van der Waals surface area contributed by atoms with Gasteiger partial charge >= 0.3 is 0 Å². The van der Waals surface area contributed by atoms with E-state index in [9.17, 15) is 4.79 Å². The van der Waals surface area contributed by atoms with Crippen molar-refractivity contribution < 1.29 is 4.79 Å². The molecule has 0 unspecified atom stereocenters. The van der Waals surface area contributed by atoms with Gasteiger partial charge < -0.3 is 16.0 Å². The van der Waals surface area contributed by atoms with Gasteiger partial charge in [0, 0.05) is 19.8 Å². The molecule has 0 atom stereocenters. The lowest BCUT2D eigenvalue weighted by molar-refractivity contribution is -0.115. The van der Waals surface area contributed by atoms with Gasteiger partial charge in [-0.15, -0.1) is 24.0 Å². The van der Waals surface area contributed by atoms with Crippen molar-refractivity contribution in [1.82, 2.24) is 15.6 Å². The predicted octanol–water partition coefficient (Wildman–Crippen LogP) is 1.46. The van der Waals surface area contributed by atoms with Crippen molar-refractivity contribution in [1.29, 1.82) is 0 Å². The van der Waals surface area contributed by atoms with Crippen LogP contribution in [0.25, 0.3) is 0 Å². The van der Waals surface area contributed by atoms with Gasteiger partial charge in [0.25, 0.3) is 0 Å². The summed E-state index contributed by atoms with van der Waals surface area (Å²) >= 11 is 0. The minimum absolute atomic E-state index is 0. The van der Waals surface area contributed by atoms with Gasteiger partial charge in [0.05, 0.1) is 18.4 Å². The molecule has 112 valence electrons. The van der Waals surface area contributed by atoms with Crippen molar-refractivity contribution in [2.45, 2.75) is 13.8 Å². The number of anilines is 1. The molecule has 0 aromatic carbocycles. The number of hydrogen-bond acceptors (Lipinski definition) is 3. The summed E-state index contributed by atoms with van der Waals surface area (Å²) in [5, 5.41) is 8.83. The van der Waals surface area contributed by atoms with Crippen LogP contribution in [0.3, 0.4) is 0 Å². The Morgan fingerprint density at radius 2 is 2.15 bits per heavy atom. The Labute approximate surface area is 136 Å². The monoisotopic (exact) mass is 391 g/mol. The summed E-state index contributed by atoms with van der Waals surface area (Å²) in [7, 11) is 1.68. The van der Waals surface area contributed by atoms with Crippen LogP contribution in [0.1, 0.15) is 13.8 Å². The summed E-state index contributed by atoms with van der Waals surface area (Å²) in [5.41, 5.74) is 0.680. The molecule has 0 bridgehead atoms. The van der Waals surface area contributed by atoms with Crippen LogP contribution < -0.4 is 16.0 Å². The smallest absolute Gasteiger partial charge is 0.243 e. The maximum atomic E-state index is 11.7. The van der Waals surface area contributed by atoms with E-state index in [1.807, 2.05) is 0 Å². The number of amides is 1. The van der Waals surface area contributed by atoms with Crippen LogP contribution in [0.15, 0.2) is 29.5 Å². The number of guanidine groups is 1. The highest BCUT2D eigenvalue weighted by molar-refractivity contribution is 14.0. The second kappa shape index (κ2) is 10.4. The second-order valence-electron chi connectivity index (χ2n) is 4.49. The molecule has 0 aliphatic rings. The maximum absolute atomic E-state index is 11.7. The van der Waals surface area contributed by atoms with E-state index >= 15 is 0 Å². The summed E-state index contributed by atoms with van der Waals surface area (Å²) in [5.74, 6) is 0.998. The zero-order chi connectivity index (χ0) is 14.1. The van der Waals surface area contributed by atoms with Gasteiger partial charge in [-0.1, -0.05) is 13.8 Å². The first kappa shape index (κ1) is 18.6. The fourth-order valence-electron chi connectivity index (χ4n) is 1.33. The number of carbonyl (C=O) groups excluding carboxylic acids is 1. The zero-order valence-corrected chi connectivity index (χ0v) is 14.3. The third-order valence-corrected chi connectivity index (χ3v) is 2.26. The predicted molar refractivity (Wildman–Crippen MR) is 92.5 cm³/mol. The quantitative estimate of drug-likeness (QED) is 0.404. The molecule has 0 saturated heterocycles. The van der Waals surface area contributed by atoms with Crippen LogP contribution >= 0.6 is 24.0 Å². The molecule has 0 radical (unpaired) electrons. The van der Waals surface area contributed by atoms with E-state index in [0.717, 1.165) is 6.54 Å². The van der Waals surface area contributed by atoms with Crippen molar-refractivity contribution in [3.8, 4) is 0 Å². The lowest BCUT2D eigenvalue weighted by Crippen LogP contribution is -2.42. The lowest BCUT2D eigenvalue weighted by Gasteiger charge is -2.13. The van der Waals surface area contributed by atoms with E-state index in [0.29, 0.717) is 17.6 Å². The summed E-state index contributed by atoms with van der Waals surface area (Å²) in [4.78, 5) is 19.7. The van der Waals surface area contributed by atoms with E-state index in [4.69, 9.17) is 0 Å². The van der Waals surface area contributed by atoms with Crippen molar-refractivity contribution in [2.24, 2.45) is 10.9 Å². The van der Waals surface area contributed by atoms with Crippen LogP contribution in [-0.4, -0.2) is 37.0 Å². The Kier molecular flexibility index (Phi) is 9.69. The van der Waals surface area contributed by atoms with Crippen molar-refractivity contribution in [3.05, 3.63) is 24.5 Å². The molecule has 1 amide bonds. The minimum atomic E-state index is -0.138. The third kappa shape index (κ3) is 7.93. The molecule has 6 nitrogen and oxygen atoms in total. The van der Waals surface area contributed by atoms with E-state index in [2.05, 4.69) is 39.8 Å². The van der Waals surface area contributed by atoms with Gasteiger partial charge in [0.15, 0.2) is 5.96 Å². The summed E-state index contributed by atoms with van der Waals surface area (Å²) < 4.78 is 0. The fourth-order valence-corrected chi connectivity index (χ4v) is 1.33. The lowest BCUT2D eigenvalue weighted by atomic mass is 10.2. The van der Waals surface area contributed by atoms with E-state index in [1.165, 1.54) is 0 Å². The Balaban J connectivity index is 0.00000361. The Morgan fingerprint density at radius 1 is 1.40 bits per heavy atom. The number of aromatic nitrogens is 1. The highest BCUT2D eigenvalue weighted by Gasteiger charge is 2.04. The number of aliphatic imine (C=N–C) groups is 1. The molecular formula is C13H22IN5O. The van der Waals surface area contributed by atoms with Crippen molar-refractivity contribution in [3.63, 3.8) is 0 Å². The number of halogens is 1. The van der Waals surface area contributed by atoms with Gasteiger partial charge in [0.2, 0.25) is 5.91 Å². The number of hydrogen-bond donors (Lipinski definition) is 3. The zero-order valence-electron chi connectivity index (χ0n) is 12.0. The Bertz CT molecular complexity index is 422. The number of carbonyl (C=O) groups is 1. The first-order valence-electron chi connectivity index (χ1n) is 6.26. The Hall–Kier alpha value is -1.38. The molecule has 1 rings (SSSR count). The topological polar surface area (TPSA) is 78.4 Å². The molecule has 1 aromatic heterocycles. The molecule has 20 heavy (non-hydrogen) atoms. The van der Waals surface area contributed by atoms with Crippen molar-refractivity contribution >= 4 is 41.5 Å². The molecular weight excluding hydrogens is 369 g/mol. The standard InChI is InChI=1S/C13H21N5O.HI/c1-10(2)7-16-13(14-3)17-9-12(19)18-11-5-4-6-15-8-11;/h4-6,8,10H,7,9H2,1-3H3,(H,18,19)(H2,14,16,17);1H. The largest absolute Gasteiger partial charge is 0.356 e. The highest BCUT2D eigenvalue weighted by Crippen LogP contribution is 2.01. The van der Waals surface area contributed by atoms with Crippen LogP contribution in [-0.2, 0) is 4.79 Å². The Morgan fingerprint density at radius 3 is 2.70 bits per heavy atom. The van der Waals surface area contributed by atoms with Gasteiger partial charge in [0.1, 0.15) is 0 Å². The second-order valence-corrected chi connectivity index (χ2v) is 4.49. The molecule has 0 aliphatic carbocycles. The summed E-state index contributed by atoms with van der Waals surface area (Å²) in [6.07, 6.45) is 3.26. The van der Waals surface area contributed by atoms with Gasteiger partial charge in [-0.25, -0.2) is 0 Å². The number of pyridine rings is 1. The van der Waals surface area contributed by atoms with Crippen LogP contribution in [0.5, 0.6) is 0 Å². The van der Waals surface area contributed by atoms with Crippen LogP contribution in [0.4, 0.5) is 5.69 Å². The molecule has 1 heterocycles. The first-order chi connectivity index (χ1) is 9.11. The summed E-state index contributed by atoms with van der Waals surface area (Å²) in [6, 6.07) is 3.56. The van der Waals surface area contributed by atoms with Gasteiger partial charge in [-0.2, -0.15) is 0 Å². The highest BCUT2D eigenvalue weighted by atomic mass is 127. The molecule has 0 fully saturated rings. The third-order valence-electron chi connectivity index (χ3n) is 2.26. The van der Waals surface area contributed by atoms with Crippen LogP contribution in [0, 0.1) is 5.92 Å². The van der Waals surface area contributed by atoms with Gasteiger partial charge in [-0.05, 0) is 18.1 Å². The molecule has 0 spiro atoms. The van der Waals surface area contributed by atoms with E-state index in [-0.39, 0.29) is 36.4 Å². The first-order valence-corrected chi connectivity index (χ1v) is 6.26. The van der Waals surface area contributed by atoms with E-state index < -0.39 is 0 Å². The molecule has 3 N–H and O–H groups in total. The molecule has 7 heteroatoms. The average molecular weight is 391 g/mol.